The Bertz CT molecular complexity index is 501. The van der Waals surface area contributed by atoms with Crippen molar-refractivity contribution < 1.29 is 14.3 Å². The number of carbonyl (C=O) groups excluding carboxylic acids is 2. The third-order valence-electron chi connectivity index (χ3n) is 3.42. The van der Waals surface area contributed by atoms with Crippen molar-refractivity contribution in [2.24, 2.45) is 5.41 Å². The summed E-state index contributed by atoms with van der Waals surface area (Å²) in [5, 5.41) is 5.39. The van der Waals surface area contributed by atoms with E-state index in [1.54, 1.807) is 0 Å². The van der Waals surface area contributed by atoms with Gasteiger partial charge in [0.1, 0.15) is 6.61 Å². The van der Waals surface area contributed by atoms with E-state index in [1.165, 1.54) is 0 Å². The van der Waals surface area contributed by atoms with Crippen LogP contribution >= 0.6 is 15.9 Å². The molecule has 0 heterocycles. The molecule has 2 amide bonds. The standard InChI is InChI=1S/C16H23BrN2O3/c1-4-16(2,3)14(20)22-10-9-18-15(21)19-11-12-5-7-13(17)8-6-12/h5-8H,4,9-11H2,1-3H3,(H2,18,19,21). The quantitative estimate of drug-likeness (QED) is 0.571. The van der Waals surface area contributed by atoms with Crippen LogP contribution in [0.1, 0.15) is 32.8 Å². The van der Waals surface area contributed by atoms with Crippen molar-refractivity contribution in [2.45, 2.75) is 33.7 Å². The molecule has 1 aromatic rings. The van der Waals surface area contributed by atoms with Crippen molar-refractivity contribution >= 4 is 27.9 Å². The predicted octanol–water partition coefficient (Wildman–Crippen LogP) is 3.23. The van der Waals surface area contributed by atoms with Crippen molar-refractivity contribution in [1.29, 1.82) is 0 Å². The number of esters is 1. The van der Waals surface area contributed by atoms with E-state index >= 15 is 0 Å². The summed E-state index contributed by atoms with van der Waals surface area (Å²) in [4.78, 5) is 23.3. The van der Waals surface area contributed by atoms with Crippen molar-refractivity contribution in [3.05, 3.63) is 34.3 Å². The van der Waals surface area contributed by atoms with E-state index in [9.17, 15) is 9.59 Å². The molecule has 22 heavy (non-hydrogen) atoms. The van der Waals surface area contributed by atoms with Crippen LogP contribution in [-0.4, -0.2) is 25.2 Å². The molecule has 0 bridgehead atoms. The van der Waals surface area contributed by atoms with Gasteiger partial charge < -0.3 is 15.4 Å². The number of halogens is 1. The van der Waals surface area contributed by atoms with Crippen LogP contribution in [0.15, 0.2) is 28.7 Å². The molecular formula is C16H23BrN2O3. The van der Waals surface area contributed by atoms with Crippen LogP contribution in [0.3, 0.4) is 0 Å². The first-order chi connectivity index (χ1) is 10.3. The molecule has 0 saturated carbocycles. The Morgan fingerprint density at radius 2 is 1.82 bits per heavy atom. The second-order valence-corrected chi connectivity index (χ2v) is 6.52. The zero-order chi connectivity index (χ0) is 16.6. The third-order valence-corrected chi connectivity index (χ3v) is 3.95. The molecule has 1 aromatic carbocycles. The number of urea groups is 1. The summed E-state index contributed by atoms with van der Waals surface area (Å²) in [7, 11) is 0. The van der Waals surface area contributed by atoms with Gasteiger partial charge in [0, 0.05) is 11.0 Å². The number of amides is 2. The molecule has 0 fully saturated rings. The summed E-state index contributed by atoms with van der Waals surface area (Å²) in [5.74, 6) is -0.243. The van der Waals surface area contributed by atoms with Crippen LogP contribution in [0, 0.1) is 5.41 Å². The molecule has 0 aliphatic rings. The average Bonchev–Trinajstić information content (AvgIpc) is 2.50. The molecule has 5 nitrogen and oxygen atoms in total. The molecule has 0 spiro atoms. The highest BCUT2D eigenvalue weighted by Gasteiger charge is 2.26. The van der Waals surface area contributed by atoms with Gasteiger partial charge in [0.15, 0.2) is 0 Å². The summed E-state index contributed by atoms with van der Waals surface area (Å²) >= 11 is 3.36. The van der Waals surface area contributed by atoms with E-state index in [0.29, 0.717) is 13.0 Å². The number of carbonyl (C=O) groups is 2. The molecule has 122 valence electrons. The summed E-state index contributed by atoms with van der Waals surface area (Å²) in [6.45, 7) is 6.53. The van der Waals surface area contributed by atoms with E-state index in [1.807, 2.05) is 45.0 Å². The zero-order valence-electron chi connectivity index (χ0n) is 13.2. The second kappa shape index (κ2) is 8.78. The van der Waals surface area contributed by atoms with E-state index in [2.05, 4.69) is 26.6 Å². The molecule has 0 aliphatic carbocycles. The van der Waals surface area contributed by atoms with Gasteiger partial charge in [-0.3, -0.25) is 4.79 Å². The molecule has 2 N–H and O–H groups in total. The summed E-state index contributed by atoms with van der Waals surface area (Å²) in [6, 6.07) is 7.42. The molecule has 0 saturated heterocycles. The van der Waals surface area contributed by atoms with Crippen molar-refractivity contribution in [3.8, 4) is 0 Å². The van der Waals surface area contributed by atoms with Crippen molar-refractivity contribution in [3.63, 3.8) is 0 Å². The number of ether oxygens (including phenoxy) is 1. The Morgan fingerprint density at radius 3 is 2.41 bits per heavy atom. The molecule has 0 aliphatic heterocycles. The zero-order valence-corrected chi connectivity index (χ0v) is 14.8. The van der Waals surface area contributed by atoms with Crippen molar-refractivity contribution in [1.82, 2.24) is 10.6 Å². The molecule has 0 radical (unpaired) electrons. The second-order valence-electron chi connectivity index (χ2n) is 5.61. The van der Waals surface area contributed by atoms with Gasteiger partial charge in [-0.2, -0.15) is 0 Å². The summed E-state index contributed by atoms with van der Waals surface area (Å²) < 4.78 is 6.14. The van der Waals surface area contributed by atoms with Crippen LogP contribution in [0.4, 0.5) is 4.79 Å². The van der Waals surface area contributed by atoms with Crippen molar-refractivity contribution in [2.75, 3.05) is 13.2 Å². The Kier molecular flexibility index (Phi) is 7.38. The SMILES string of the molecule is CCC(C)(C)C(=O)OCCNC(=O)NCc1ccc(Br)cc1. The van der Waals surface area contributed by atoms with E-state index in [-0.39, 0.29) is 25.2 Å². The van der Waals surface area contributed by atoms with Gasteiger partial charge in [-0.15, -0.1) is 0 Å². The van der Waals surface area contributed by atoms with Crippen LogP contribution in [-0.2, 0) is 16.1 Å². The predicted molar refractivity (Wildman–Crippen MR) is 89.4 cm³/mol. The number of benzene rings is 1. The average molecular weight is 371 g/mol. The Morgan fingerprint density at radius 1 is 1.18 bits per heavy atom. The monoisotopic (exact) mass is 370 g/mol. The van der Waals surface area contributed by atoms with Gasteiger partial charge in [-0.1, -0.05) is 35.0 Å². The molecular weight excluding hydrogens is 348 g/mol. The molecule has 1 rings (SSSR count). The van der Waals surface area contributed by atoms with Gasteiger partial charge in [0.05, 0.1) is 12.0 Å². The van der Waals surface area contributed by atoms with E-state index in [0.717, 1.165) is 10.0 Å². The minimum atomic E-state index is -0.482. The van der Waals surface area contributed by atoms with Gasteiger partial charge in [0.25, 0.3) is 0 Å². The first kappa shape index (κ1) is 18.5. The Hall–Kier alpha value is -1.56. The molecule has 6 heteroatoms. The van der Waals surface area contributed by atoms with Gasteiger partial charge in [-0.25, -0.2) is 4.79 Å². The van der Waals surface area contributed by atoms with E-state index < -0.39 is 5.41 Å². The normalized spacial score (nSPS) is 10.9. The Labute approximate surface area is 139 Å². The highest BCUT2D eigenvalue weighted by atomic mass is 79.9. The van der Waals surface area contributed by atoms with E-state index in [4.69, 9.17) is 4.74 Å². The Balaban J connectivity index is 2.18. The summed E-state index contributed by atoms with van der Waals surface area (Å²) in [5.41, 5.74) is 0.526. The lowest BCUT2D eigenvalue weighted by Crippen LogP contribution is -2.37. The molecule has 0 aromatic heterocycles. The van der Waals surface area contributed by atoms with Gasteiger partial charge >= 0.3 is 12.0 Å². The van der Waals surface area contributed by atoms with Crippen LogP contribution in [0.25, 0.3) is 0 Å². The minimum absolute atomic E-state index is 0.175. The first-order valence-electron chi connectivity index (χ1n) is 7.28. The summed E-state index contributed by atoms with van der Waals surface area (Å²) in [6.07, 6.45) is 0.715. The highest BCUT2D eigenvalue weighted by Crippen LogP contribution is 2.21. The molecule has 0 unspecified atom stereocenters. The lowest BCUT2D eigenvalue weighted by atomic mass is 9.91. The van der Waals surface area contributed by atoms with Gasteiger partial charge in [0.2, 0.25) is 0 Å². The minimum Gasteiger partial charge on any atom is -0.463 e. The maximum absolute atomic E-state index is 11.7. The van der Waals surface area contributed by atoms with Gasteiger partial charge in [-0.05, 0) is 38.0 Å². The smallest absolute Gasteiger partial charge is 0.315 e. The third kappa shape index (κ3) is 6.47. The van der Waals surface area contributed by atoms with Crippen LogP contribution in [0.5, 0.6) is 0 Å². The maximum atomic E-state index is 11.7. The lowest BCUT2D eigenvalue weighted by molar-refractivity contribution is -0.153. The van der Waals surface area contributed by atoms with Crippen LogP contribution < -0.4 is 10.6 Å². The largest absolute Gasteiger partial charge is 0.463 e. The molecule has 0 atom stereocenters. The fraction of sp³-hybridized carbons (Fsp3) is 0.500. The van der Waals surface area contributed by atoms with Crippen LogP contribution in [0.2, 0.25) is 0 Å². The fourth-order valence-corrected chi connectivity index (χ4v) is 1.76. The highest BCUT2D eigenvalue weighted by molar-refractivity contribution is 9.10. The maximum Gasteiger partial charge on any atom is 0.315 e. The number of hydrogen-bond donors (Lipinski definition) is 2. The first-order valence-corrected chi connectivity index (χ1v) is 8.08. The number of rotatable bonds is 7. The fourth-order valence-electron chi connectivity index (χ4n) is 1.50. The topological polar surface area (TPSA) is 67.4 Å². The number of hydrogen-bond acceptors (Lipinski definition) is 3. The lowest BCUT2D eigenvalue weighted by Gasteiger charge is -2.20. The number of nitrogens with one attached hydrogen (secondary N) is 2.